The maximum atomic E-state index is 13.0. The number of aliphatic carboxylic acids is 1. The van der Waals surface area contributed by atoms with Gasteiger partial charge in [0.1, 0.15) is 29.9 Å². The minimum absolute atomic E-state index is 0.0125. The number of phenolic OH excluding ortho intramolecular Hbond substituents is 1. The van der Waals surface area contributed by atoms with E-state index in [9.17, 15) is 39.6 Å². The van der Waals surface area contributed by atoms with E-state index in [0.29, 0.717) is 5.56 Å². The van der Waals surface area contributed by atoms with E-state index < -0.39 is 60.1 Å². The molecule has 35 heavy (non-hydrogen) atoms. The molecule has 12 heteroatoms. The van der Waals surface area contributed by atoms with Gasteiger partial charge in [-0.3, -0.25) is 14.4 Å². The first-order valence-corrected chi connectivity index (χ1v) is 11.3. The van der Waals surface area contributed by atoms with Crippen molar-refractivity contribution in [1.29, 1.82) is 0 Å². The molecule has 6 atom stereocenters. The molecule has 0 aliphatic carbocycles. The lowest BCUT2D eigenvalue weighted by Crippen LogP contribution is -2.60. The number of carboxylic acid groups (broad SMARTS) is 1. The van der Waals surface area contributed by atoms with Crippen LogP contribution in [0.25, 0.3) is 0 Å². The highest BCUT2D eigenvalue weighted by Gasteiger charge is 2.33. The lowest BCUT2D eigenvalue weighted by Gasteiger charge is -2.27. The molecule has 1 aromatic carbocycles. The zero-order valence-electron chi connectivity index (χ0n) is 20.3. The van der Waals surface area contributed by atoms with Crippen molar-refractivity contribution in [3.05, 3.63) is 29.8 Å². The van der Waals surface area contributed by atoms with Gasteiger partial charge in [-0.25, -0.2) is 4.79 Å². The number of carboxylic acids is 1. The van der Waals surface area contributed by atoms with Crippen LogP contribution in [0.5, 0.6) is 5.75 Å². The number of benzene rings is 1. The highest BCUT2D eigenvalue weighted by Crippen LogP contribution is 2.12. The molecule has 12 nitrogen and oxygen atoms in total. The van der Waals surface area contributed by atoms with Gasteiger partial charge in [-0.05, 0) is 43.9 Å². The molecule has 1 aromatic rings. The Morgan fingerprint density at radius 2 is 1.37 bits per heavy atom. The second-order valence-corrected chi connectivity index (χ2v) is 8.95. The summed E-state index contributed by atoms with van der Waals surface area (Å²) in [5.74, 6) is -3.85. The second kappa shape index (κ2) is 13.6. The number of nitrogens with one attached hydrogen (secondary N) is 3. The first kappa shape index (κ1) is 29.8. The molecule has 0 aliphatic rings. The Morgan fingerprint density at radius 3 is 1.83 bits per heavy atom. The summed E-state index contributed by atoms with van der Waals surface area (Å²) in [5, 5.41) is 45.6. The molecule has 0 heterocycles. The minimum Gasteiger partial charge on any atom is -0.508 e. The number of amides is 3. The molecule has 0 aromatic heterocycles. The van der Waals surface area contributed by atoms with Gasteiger partial charge in [0.25, 0.3) is 0 Å². The standard InChI is InChI=1S/C23H36N4O8/c1-11(2)9-16(25-22(33)19(13(4)29)27-21(32)18(24)12(3)28)20(31)26-17(23(34)35)10-14-5-7-15(30)8-6-14/h5-8,11-13,16-19,28-30H,9-10,24H2,1-4H3,(H,25,33)(H,26,31)(H,27,32)(H,34,35). The minimum atomic E-state index is -1.47. The van der Waals surface area contributed by atoms with Crippen molar-refractivity contribution in [2.75, 3.05) is 0 Å². The van der Waals surface area contributed by atoms with Crippen LogP contribution in [-0.2, 0) is 25.6 Å². The molecule has 0 bridgehead atoms. The maximum absolute atomic E-state index is 13.0. The van der Waals surface area contributed by atoms with Gasteiger partial charge >= 0.3 is 5.97 Å². The number of rotatable bonds is 13. The first-order valence-electron chi connectivity index (χ1n) is 11.3. The van der Waals surface area contributed by atoms with Crippen LogP contribution in [0, 0.1) is 5.92 Å². The van der Waals surface area contributed by atoms with Crippen LogP contribution in [0.15, 0.2) is 24.3 Å². The summed E-state index contributed by atoms with van der Waals surface area (Å²) in [6.45, 7) is 6.15. The summed E-state index contributed by atoms with van der Waals surface area (Å²) in [6, 6.07) is 0.564. The summed E-state index contributed by atoms with van der Waals surface area (Å²) in [5.41, 5.74) is 6.13. The number of carbonyl (C=O) groups is 4. The van der Waals surface area contributed by atoms with Crippen LogP contribution < -0.4 is 21.7 Å². The molecular formula is C23H36N4O8. The normalized spacial score (nSPS) is 16.3. The molecular weight excluding hydrogens is 460 g/mol. The number of hydrogen-bond donors (Lipinski definition) is 8. The van der Waals surface area contributed by atoms with Crippen molar-refractivity contribution >= 4 is 23.7 Å². The van der Waals surface area contributed by atoms with Crippen LogP contribution in [0.3, 0.4) is 0 Å². The molecule has 9 N–H and O–H groups in total. The average Bonchev–Trinajstić information content (AvgIpc) is 2.76. The maximum Gasteiger partial charge on any atom is 0.326 e. The number of aliphatic hydroxyl groups is 2. The van der Waals surface area contributed by atoms with Gasteiger partial charge in [-0.15, -0.1) is 0 Å². The molecule has 1 rings (SSSR count). The van der Waals surface area contributed by atoms with Crippen molar-refractivity contribution in [2.24, 2.45) is 11.7 Å². The monoisotopic (exact) mass is 496 g/mol. The van der Waals surface area contributed by atoms with Gasteiger partial charge < -0.3 is 42.1 Å². The van der Waals surface area contributed by atoms with Gasteiger partial charge in [0.05, 0.1) is 12.2 Å². The number of hydrogen-bond acceptors (Lipinski definition) is 8. The van der Waals surface area contributed by atoms with Gasteiger partial charge in [-0.1, -0.05) is 26.0 Å². The van der Waals surface area contributed by atoms with Crippen LogP contribution in [0.1, 0.15) is 39.7 Å². The van der Waals surface area contributed by atoms with E-state index >= 15 is 0 Å². The fraction of sp³-hybridized carbons (Fsp3) is 0.565. The number of phenols is 1. The number of aliphatic hydroxyl groups excluding tert-OH is 2. The predicted molar refractivity (Wildman–Crippen MR) is 126 cm³/mol. The summed E-state index contributed by atoms with van der Waals surface area (Å²) < 4.78 is 0. The van der Waals surface area contributed by atoms with E-state index in [4.69, 9.17) is 5.73 Å². The third-order valence-electron chi connectivity index (χ3n) is 5.22. The third-order valence-corrected chi connectivity index (χ3v) is 5.22. The summed E-state index contributed by atoms with van der Waals surface area (Å²) in [4.78, 5) is 49.7. The summed E-state index contributed by atoms with van der Waals surface area (Å²) in [7, 11) is 0. The fourth-order valence-electron chi connectivity index (χ4n) is 3.18. The van der Waals surface area contributed by atoms with Gasteiger partial charge in [0.15, 0.2) is 0 Å². The van der Waals surface area contributed by atoms with Gasteiger partial charge in [0.2, 0.25) is 17.7 Å². The van der Waals surface area contributed by atoms with E-state index in [1.165, 1.54) is 38.1 Å². The molecule has 0 spiro atoms. The first-order chi connectivity index (χ1) is 16.2. The Hall–Kier alpha value is -3.22. The zero-order valence-corrected chi connectivity index (χ0v) is 20.3. The lowest BCUT2D eigenvalue weighted by molar-refractivity contribution is -0.142. The largest absolute Gasteiger partial charge is 0.508 e. The van der Waals surface area contributed by atoms with Crippen LogP contribution in [-0.4, -0.2) is 80.5 Å². The van der Waals surface area contributed by atoms with Crippen molar-refractivity contribution in [2.45, 2.75) is 76.9 Å². The highest BCUT2D eigenvalue weighted by molar-refractivity contribution is 5.94. The number of nitrogens with two attached hydrogens (primary N) is 1. The Balaban J connectivity index is 3.00. The van der Waals surface area contributed by atoms with Gasteiger partial charge in [-0.2, -0.15) is 0 Å². The molecule has 0 saturated carbocycles. The Kier molecular flexibility index (Phi) is 11.6. The summed E-state index contributed by atoms with van der Waals surface area (Å²) in [6.07, 6.45) is -2.47. The SMILES string of the molecule is CC(C)CC(NC(=O)C(NC(=O)C(N)C(C)O)C(C)O)C(=O)NC(Cc1ccc(O)cc1)C(=O)O. The number of aromatic hydroxyl groups is 1. The van der Waals surface area contributed by atoms with Crippen molar-refractivity contribution < 1.29 is 39.6 Å². The quantitative estimate of drug-likeness (QED) is 0.161. The van der Waals surface area contributed by atoms with Crippen molar-refractivity contribution in [3.8, 4) is 5.75 Å². The fourth-order valence-corrected chi connectivity index (χ4v) is 3.18. The van der Waals surface area contributed by atoms with E-state index in [0.717, 1.165) is 0 Å². The average molecular weight is 497 g/mol. The smallest absolute Gasteiger partial charge is 0.326 e. The van der Waals surface area contributed by atoms with E-state index in [-0.39, 0.29) is 24.5 Å². The van der Waals surface area contributed by atoms with Crippen LogP contribution in [0.4, 0.5) is 0 Å². The van der Waals surface area contributed by atoms with Crippen LogP contribution >= 0.6 is 0 Å². The number of carbonyl (C=O) groups excluding carboxylic acids is 3. The molecule has 0 aliphatic heterocycles. The predicted octanol–water partition coefficient (Wildman–Crippen LogP) is -1.39. The molecule has 0 saturated heterocycles. The Bertz CT molecular complexity index is 873. The zero-order chi connectivity index (χ0) is 26.9. The van der Waals surface area contributed by atoms with Crippen LogP contribution in [0.2, 0.25) is 0 Å². The molecule has 3 amide bonds. The van der Waals surface area contributed by atoms with E-state index in [1.54, 1.807) is 13.8 Å². The highest BCUT2D eigenvalue weighted by atomic mass is 16.4. The Morgan fingerprint density at radius 1 is 0.829 bits per heavy atom. The van der Waals surface area contributed by atoms with Gasteiger partial charge in [0, 0.05) is 6.42 Å². The molecule has 6 unspecified atom stereocenters. The van der Waals surface area contributed by atoms with E-state index in [2.05, 4.69) is 16.0 Å². The topological polar surface area (TPSA) is 211 Å². The third kappa shape index (κ3) is 9.89. The summed E-state index contributed by atoms with van der Waals surface area (Å²) >= 11 is 0. The Labute approximate surface area is 203 Å². The lowest BCUT2D eigenvalue weighted by atomic mass is 10.0. The molecule has 196 valence electrons. The molecule has 0 radical (unpaired) electrons. The second-order valence-electron chi connectivity index (χ2n) is 8.95. The van der Waals surface area contributed by atoms with Crippen molar-refractivity contribution in [1.82, 2.24) is 16.0 Å². The van der Waals surface area contributed by atoms with E-state index in [1.807, 2.05) is 0 Å². The van der Waals surface area contributed by atoms with Crippen molar-refractivity contribution in [3.63, 3.8) is 0 Å². The molecule has 0 fully saturated rings.